The van der Waals surface area contributed by atoms with Crippen LogP contribution in [0.2, 0.25) is 0 Å². The molecule has 1 rings (SSSR count). The molecule has 1 aromatic rings. The maximum Gasteiger partial charge on any atom is 0.203 e. The van der Waals surface area contributed by atoms with E-state index in [2.05, 4.69) is 12.2 Å². The molecule has 0 amide bonds. The van der Waals surface area contributed by atoms with Gasteiger partial charge >= 0.3 is 0 Å². The Bertz CT molecular complexity index is 370. The van der Waals surface area contributed by atoms with Gasteiger partial charge in [0, 0.05) is 19.6 Å². The summed E-state index contributed by atoms with van der Waals surface area (Å²) in [5.41, 5.74) is 1.08. The summed E-state index contributed by atoms with van der Waals surface area (Å²) in [5.74, 6) is 1.88. The quantitative estimate of drug-likeness (QED) is 0.643. The van der Waals surface area contributed by atoms with Crippen molar-refractivity contribution in [3.05, 3.63) is 17.7 Å². The Morgan fingerprint density at radius 1 is 1.15 bits per heavy atom. The van der Waals surface area contributed by atoms with Gasteiger partial charge in [0.1, 0.15) is 0 Å². The van der Waals surface area contributed by atoms with Crippen LogP contribution in [-0.4, -0.2) is 39.1 Å². The molecule has 0 aliphatic rings. The van der Waals surface area contributed by atoms with Crippen LogP contribution in [-0.2, 0) is 6.54 Å². The zero-order chi connectivity index (χ0) is 14.8. The van der Waals surface area contributed by atoms with Crippen molar-refractivity contribution in [2.24, 2.45) is 0 Å². The first kappa shape index (κ1) is 16.6. The summed E-state index contributed by atoms with van der Waals surface area (Å²) in [7, 11) is 3.22. The van der Waals surface area contributed by atoms with E-state index in [1.807, 2.05) is 12.1 Å². The summed E-state index contributed by atoms with van der Waals surface area (Å²) in [6, 6.07) is 3.89. The summed E-state index contributed by atoms with van der Waals surface area (Å²) in [6.07, 6.45) is 1.67. The summed E-state index contributed by atoms with van der Waals surface area (Å²) in [6.45, 7) is 4.39. The highest BCUT2D eigenvalue weighted by Crippen LogP contribution is 2.38. The van der Waals surface area contributed by atoms with Gasteiger partial charge in [-0.2, -0.15) is 0 Å². The topological polar surface area (TPSA) is 60.0 Å². The van der Waals surface area contributed by atoms with Gasteiger partial charge in [-0.25, -0.2) is 0 Å². The van der Waals surface area contributed by atoms with E-state index >= 15 is 0 Å². The highest BCUT2D eigenvalue weighted by Gasteiger charge is 2.14. The molecule has 0 bridgehead atoms. The Morgan fingerprint density at radius 3 is 2.30 bits per heavy atom. The van der Waals surface area contributed by atoms with E-state index in [-0.39, 0.29) is 6.61 Å². The Morgan fingerprint density at radius 2 is 1.80 bits per heavy atom. The van der Waals surface area contributed by atoms with Crippen LogP contribution in [0.15, 0.2) is 12.1 Å². The van der Waals surface area contributed by atoms with Gasteiger partial charge in [0.2, 0.25) is 5.75 Å². The Hall–Kier alpha value is -1.46. The summed E-state index contributed by atoms with van der Waals surface area (Å²) in [5, 5.41) is 12.2. The third-order valence-electron chi connectivity index (χ3n) is 2.83. The number of hydrogen-bond acceptors (Lipinski definition) is 5. The van der Waals surface area contributed by atoms with Crippen molar-refractivity contribution in [3.63, 3.8) is 0 Å². The maximum atomic E-state index is 8.81. The molecular formula is C15H25NO4. The Balaban J connectivity index is 2.86. The number of aliphatic hydroxyl groups is 1. The minimum Gasteiger partial charge on any atom is -0.493 e. The van der Waals surface area contributed by atoms with Gasteiger partial charge in [-0.1, -0.05) is 6.92 Å². The fourth-order valence-electron chi connectivity index (χ4n) is 1.83. The van der Waals surface area contributed by atoms with Crippen LogP contribution in [0.25, 0.3) is 0 Å². The van der Waals surface area contributed by atoms with E-state index in [4.69, 9.17) is 19.3 Å². The molecule has 0 fully saturated rings. The molecule has 0 heterocycles. The van der Waals surface area contributed by atoms with Gasteiger partial charge in [-0.15, -0.1) is 0 Å². The third kappa shape index (κ3) is 4.90. The first-order valence-electron chi connectivity index (χ1n) is 6.96. The number of benzene rings is 1. The van der Waals surface area contributed by atoms with Crippen LogP contribution in [0.5, 0.6) is 17.2 Å². The number of rotatable bonds is 10. The van der Waals surface area contributed by atoms with E-state index in [0.29, 0.717) is 30.3 Å². The van der Waals surface area contributed by atoms with Crippen LogP contribution in [0.3, 0.4) is 0 Å². The molecule has 0 saturated carbocycles. The second-order valence-corrected chi connectivity index (χ2v) is 4.43. The molecule has 114 valence electrons. The summed E-state index contributed by atoms with van der Waals surface area (Å²) in [4.78, 5) is 0. The van der Waals surface area contributed by atoms with Gasteiger partial charge in [0.15, 0.2) is 11.5 Å². The molecule has 1 aromatic carbocycles. The number of methoxy groups -OCH3 is 2. The van der Waals surface area contributed by atoms with Crippen LogP contribution in [0, 0.1) is 0 Å². The van der Waals surface area contributed by atoms with Gasteiger partial charge in [-0.3, -0.25) is 0 Å². The SMILES string of the molecule is CCCNCc1cc(OC)c(OCCCO)c(OC)c1. The Kier molecular flexibility index (Phi) is 7.84. The second kappa shape index (κ2) is 9.44. The van der Waals surface area contributed by atoms with Crippen LogP contribution in [0.4, 0.5) is 0 Å². The van der Waals surface area contributed by atoms with Gasteiger partial charge in [0.05, 0.1) is 20.8 Å². The molecule has 20 heavy (non-hydrogen) atoms. The zero-order valence-corrected chi connectivity index (χ0v) is 12.6. The smallest absolute Gasteiger partial charge is 0.203 e. The molecule has 0 aromatic heterocycles. The molecule has 0 unspecified atom stereocenters. The second-order valence-electron chi connectivity index (χ2n) is 4.43. The predicted octanol–water partition coefficient (Wildman–Crippen LogP) is 1.96. The number of ether oxygens (including phenoxy) is 3. The maximum absolute atomic E-state index is 8.81. The van der Waals surface area contributed by atoms with Crippen LogP contribution < -0.4 is 19.5 Å². The van der Waals surface area contributed by atoms with Crippen molar-refractivity contribution in [1.29, 1.82) is 0 Å². The van der Waals surface area contributed by atoms with Gasteiger partial charge < -0.3 is 24.6 Å². The lowest BCUT2D eigenvalue weighted by Crippen LogP contribution is -2.14. The minimum absolute atomic E-state index is 0.101. The van der Waals surface area contributed by atoms with E-state index < -0.39 is 0 Å². The molecule has 5 nitrogen and oxygen atoms in total. The largest absolute Gasteiger partial charge is 0.493 e. The fourth-order valence-corrected chi connectivity index (χ4v) is 1.83. The molecule has 0 radical (unpaired) electrons. The summed E-state index contributed by atoms with van der Waals surface area (Å²) < 4.78 is 16.4. The van der Waals surface area contributed by atoms with E-state index in [0.717, 1.165) is 25.1 Å². The van der Waals surface area contributed by atoms with Gasteiger partial charge in [0.25, 0.3) is 0 Å². The van der Waals surface area contributed by atoms with Crippen molar-refractivity contribution in [2.75, 3.05) is 34.0 Å². The number of nitrogens with one attached hydrogen (secondary N) is 1. The molecule has 0 aliphatic heterocycles. The normalized spacial score (nSPS) is 10.4. The van der Waals surface area contributed by atoms with Crippen molar-refractivity contribution in [2.45, 2.75) is 26.3 Å². The predicted molar refractivity (Wildman–Crippen MR) is 78.7 cm³/mol. The highest BCUT2D eigenvalue weighted by atomic mass is 16.5. The first-order chi connectivity index (χ1) is 9.76. The van der Waals surface area contributed by atoms with Crippen LogP contribution in [0.1, 0.15) is 25.3 Å². The lowest BCUT2D eigenvalue weighted by atomic mass is 10.1. The lowest BCUT2D eigenvalue weighted by Gasteiger charge is -2.16. The molecular weight excluding hydrogens is 258 g/mol. The number of hydrogen-bond donors (Lipinski definition) is 2. The third-order valence-corrected chi connectivity index (χ3v) is 2.83. The average Bonchev–Trinajstić information content (AvgIpc) is 2.48. The fraction of sp³-hybridized carbons (Fsp3) is 0.600. The standard InChI is InChI=1S/C15H25NO4/c1-4-6-16-11-12-9-13(18-2)15(14(10-12)19-3)20-8-5-7-17/h9-10,16-17H,4-8,11H2,1-3H3. The Labute approximate surface area is 120 Å². The first-order valence-corrected chi connectivity index (χ1v) is 6.96. The molecule has 0 spiro atoms. The average molecular weight is 283 g/mol. The van der Waals surface area contributed by atoms with E-state index in [1.165, 1.54) is 0 Å². The minimum atomic E-state index is 0.101. The molecule has 0 saturated heterocycles. The monoisotopic (exact) mass is 283 g/mol. The van der Waals surface area contributed by atoms with Crippen molar-refractivity contribution < 1.29 is 19.3 Å². The highest BCUT2D eigenvalue weighted by molar-refractivity contribution is 5.53. The molecule has 0 atom stereocenters. The molecule has 2 N–H and O–H groups in total. The van der Waals surface area contributed by atoms with Crippen LogP contribution >= 0.6 is 0 Å². The molecule has 0 aliphatic carbocycles. The van der Waals surface area contributed by atoms with Crippen molar-refractivity contribution in [1.82, 2.24) is 5.32 Å². The summed E-state index contributed by atoms with van der Waals surface area (Å²) >= 11 is 0. The lowest BCUT2D eigenvalue weighted by molar-refractivity contribution is 0.221. The molecule has 5 heteroatoms. The van der Waals surface area contributed by atoms with Crippen molar-refractivity contribution in [3.8, 4) is 17.2 Å². The zero-order valence-electron chi connectivity index (χ0n) is 12.6. The number of aliphatic hydroxyl groups excluding tert-OH is 1. The van der Waals surface area contributed by atoms with Crippen molar-refractivity contribution >= 4 is 0 Å². The van der Waals surface area contributed by atoms with E-state index in [1.54, 1.807) is 14.2 Å². The van der Waals surface area contributed by atoms with E-state index in [9.17, 15) is 0 Å². The van der Waals surface area contributed by atoms with Gasteiger partial charge in [-0.05, 0) is 30.7 Å².